The van der Waals surface area contributed by atoms with Crippen LogP contribution in [0.25, 0.3) is 11.1 Å². The Morgan fingerprint density at radius 1 is 1.03 bits per heavy atom. The van der Waals surface area contributed by atoms with Gasteiger partial charge in [0.25, 0.3) is 5.91 Å². The number of carbonyl (C=O) groups is 2. The highest BCUT2D eigenvalue weighted by molar-refractivity contribution is 6.02. The van der Waals surface area contributed by atoms with Crippen LogP contribution in [0.1, 0.15) is 34.6 Å². The number of aryl methyl sites for hydroxylation is 1. The molecule has 0 radical (unpaired) electrons. The van der Waals surface area contributed by atoms with E-state index in [4.69, 9.17) is 0 Å². The number of rotatable bonds is 6. The summed E-state index contributed by atoms with van der Waals surface area (Å²) in [5, 5.41) is 7.62. The Bertz CT molecular complexity index is 1330. The summed E-state index contributed by atoms with van der Waals surface area (Å²) < 4.78 is 1.83. The molecule has 3 heterocycles. The minimum Gasteiger partial charge on any atom is -0.325 e. The van der Waals surface area contributed by atoms with E-state index in [2.05, 4.69) is 15.4 Å². The summed E-state index contributed by atoms with van der Waals surface area (Å²) in [6.45, 7) is 3.07. The molecule has 0 aliphatic carbocycles. The number of anilines is 1. The second kappa shape index (κ2) is 9.93. The zero-order valence-electron chi connectivity index (χ0n) is 19.6. The van der Waals surface area contributed by atoms with Crippen LogP contribution in [-0.4, -0.2) is 44.1 Å². The first-order chi connectivity index (χ1) is 17.1. The Hall–Kier alpha value is -4.26. The molecule has 1 N–H and O–H groups in total. The van der Waals surface area contributed by atoms with Crippen molar-refractivity contribution >= 4 is 17.5 Å². The number of nitrogens with one attached hydrogen (secondary N) is 1. The fourth-order valence-corrected chi connectivity index (χ4v) is 4.54. The first kappa shape index (κ1) is 22.5. The lowest BCUT2D eigenvalue weighted by Crippen LogP contribution is -2.43. The van der Waals surface area contributed by atoms with Gasteiger partial charge in [-0.3, -0.25) is 19.3 Å². The van der Waals surface area contributed by atoms with Gasteiger partial charge in [-0.25, -0.2) is 0 Å². The van der Waals surface area contributed by atoms with Crippen LogP contribution < -0.4 is 5.32 Å². The third kappa shape index (κ3) is 4.84. The molecule has 0 unspecified atom stereocenters. The van der Waals surface area contributed by atoms with Crippen LogP contribution in [0.15, 0.2) is 85.2 Å². The molecule has 1 saturated heterocycles. The number of likely N-dealkylation sites (tertiary alicyclic amines) is 1. The predicted octanol–water partition coefficient (Wildman–Crippen LogP) is 4.55. The standard InChI is InChI=1S/C28H27N5O2/c1-20-17-25(31-33(20)19-21-9-3-2-4-10-21)28(35)32-16-8-14-26(32)27(34)30-24-13-6-5-12-23(24)22-11-7-15-29-18-22/h2-7,9-13,15,17-18,26H,8,14,16,19H2,1H3,(H,30,34)/t26-/m0/s1. The second-order valence-electron chi connectivity index (χ2n) is 8.75. The predicted molar refractivity (Wildman–Crippen MR) is 135 cm³/mol. The van der Waals surface area contributed by atoms with Gasteiger partial charge in [-0.1, -0.05) is 54.6 Å². The highest BCUT2D eigenvalue weighted by atomic mass is 16.2. The molecule has 0 saturated carbocycles. The van der Waals surface area contributed by atoms with E-state index in [1.807, 2.05) is 78.3 Å². The molecule has 176 valence electrons. The van der Waals surface area contributed by atoms with Gasteiger partial charge in [-0.2, -0.15) is 5.10 Å². The van der Waals surface area contributed by atoms with E-state index in [1.165, 1.54) is 0 Å². The molecule has 1 fully saturated rings. The number of benzene rings is 2. The van der Waals surface area contributed by atoms with E-state index in [9.17, 15) is 9.59 Å². The molecule has 2 amide bonds. The number of hydrogen-bond donors (Lipinski definition) is 1. The second-order valence-corrected chi connectivity index (χ2v) is 8.75. The van der Waals surface area contributed by atoms with Crippen molar-refractivity contribution in [1.82, 2.24) is 19.7 Å². The summed E-state index contributed by atoms with van der Waals surface area (Å²) in [7, 11) is 0. The van der Waals surface area contributed by atoms with Crippen molar-refractivity contribution in [2.45, 2.75) is 32.4 Å². The highest BCUT2D eigenvalue weighted by Crippen LogP contribution is 2.28. The molecule has 2 aromatic carbocycles. The smallest absolute Gasteiger partial charge is 0.275 e. The van der Waals surface area contributed by atoms with Gasteiger partial charge in [0.2, 0.25) is 5.91 Å². The van der Waals surface area contributed by atoms with Crippen LogP contribution in [0.2, 0.25) is 0 Å². The fraction of sp³-hybridized carbons (Fsp3) is 0.214. The van der Waals surface area contributed by atoms with Crippen molar-refractivity contribution in [3.63, 3.8) is 0 Å². The van der Waals surface area contributed by atoms with Crippen LogP contribution in [0.5, 0.6) is 0 Å². The fourth-order valence-electron chi connectivity index (χ4n) is 4.54. The van der Waals surface area contributed by atoms with Crippen LogP contribution in [0.3, 0.4) is 0 Å². The van der Waals surface area contributed by atoms with Gasteiger partial charge in [0.05, 0.1) is 6.54 Å². The zero-order chi connectivity index (χ0) is 24.2. The van der Waals surface area contributed by atoms with Crippen LogP contribution in [0, 0.1) is 6.92 Å². The third-order valence-electron chi connectivity index (χ3n) is 6.35. The normalized spacial score (nSPS) is 15.2. The maximum Gasteiger partial charge on any atom is 0.275 e. The van der Waals surface area contributed by atoms with Gasteiger partial charge in [0, 0.05) is 41.4 Å². The molecule has 0 bridgehead atoms. The SMILES string of the molecule is Cc1cc(C(=O)N2CCC[C@H]2C(=O)Nc2ccccc2-c2cccnc2)nn1Cc1ccccc1. The first-order valence-electron chi connectivity index (χ1n) is 11.8. The van der Waals surface area contributed by atoms with Crippen molar-refractivity contribution in [3.05, 3.63) is 102 Å². The topological polar surface area (TPSA) is 80.1 Å². The van der Waals surface area contributed by atoms with Crippen molar-refractivity contribution in [2.75, 3.05) is 11.9 Å². The van der Waals surface area contributed by atoms with Crippen molar-refractivity contribution < 1.29 is 9.59 Å². The Morgan fingerprint density at radius 2 is 1.83 bits per heavy atom. The molecule has 35 heavy (non-hydrogen) atoms. The lowest BCUT2D eigenvalue weighted by molar-refractivity contribution is -0.119. The molecule has 2 aromatic heterocycles. The lowest BCUT2D eigenvalue weighted by atomic mass is 10.1. The van der Waals surface area contributed by atoms with Crippen molar-refractivity contribution in [1.29, 1.82) is 0 Å². The maximum absolute atomic E-state index is 13.4. The number of nitrogens with zero attached hydrogens (tertiary/aromatic N) is 4. The Balaban J connectivity index is 1.33. The molecule has 5 rings (SSSR count). The summed E-state index contributed by atoms with van der Waals surface area (Å²) in [5.41, 5.74) is 4.90. The highest BCUT2D eigenvalue weighted by Gasteiger charge is 2.36. The molecular weight excluding hydrogens is 438 g/mol. The minimum atomic E-state index is -0.538. The summed E-state index contributed by atoms with van der Waals surface area (Å²) >= 11 is 0. The number of carbonyl (C=O) groups excluding carboxylic acids is 2. The number of hydrogen-bond acceptors (Lipinski definition) is 4. The first-order valence-corrected chi connectivity index (χ1v) is 11.8. The monoisotopic (exact) mass is 465 g/mol. The number of amides is 2. The van der Waals surface area contributed by atoms with E-state index in [0.29, 0.717) is 30.9 Å². The van der Waals surface area contributed by atoms with E-state index >= 15 is 0 Å². The number of para-hydroxylation sites is 1. The summed E-state index contributed by atoms with van der Waals surface area (Å²) in [6, 6.07) is 22.7. The number of pyridine rings is 1. The van der Waals surface area contributed by atoms with Crippen molar-refractivity contribution in [2.24, 2.45) is 0 Å². The quantitative estimate of drug-likeness (QED) is 0.453. The Labute approximate surface area is 204 Å². The summed E-state index contributed by atoms with van der Waals surface area (Å²) in [6.07, 6.45) is 4.88. The Morgan fingerprint density at radius 3 is 2.63 bits per heavy atom. The van der Waals surface area contributed by atoms with Gasteiger partial charge >= 0.3 is 0 Å². The van der Waals surface area contributed by atoms with E-state index in [1.54, 1.807) is 23.4 Å². The number of aromatic nitrogens is 3. The van der Waals surface area contributed by atoms with Crippen molar-refractivity contribution in [3.8, 4) is 11.1 Å². The van der Waals surface area contributed by atoms with Gasteiger partial charge in [-0.15, -0.1) is 0 Å². The Kier molecular flexibility index (Phi) is 6.39. The van der Waals surface area contributed by atoms with Gasteiger partial charge in [-0.05, 0) is 43.5 Å². The lowest BCUT2D eigenvalue weighted by Gasteiger charge is -2.23. The third-order valence-corrected chi connectivity index (χ3v) is 6.35. The molecule has 1 aliphatic rings. The van der Waals surface area contributed by atoms with Gasteiger partial charge in [0.15, 0.2) is 5.69 Å². The average molecular weight is 466 g/mol. The van der Waals surface area contributed by atoms with Gasteiger partial charge < -0.3 is 10.2 Å². The van der Waals surface area contributed by atoms with E-state index in [0.717, 1.165) is 28.8 Å². The molecule has 7 heteroatoms. The molecule has 1 atom stereocenters. The molecular formula is C28H27N5O2. The minimum absolute atomic E-state index is 0.187. The van der Waals surface area contributed by atoms with E-state index in [-0.39, 0.29) is 11.8 Å². The molecule has 0 spiro atoms. The average Bonchev–Trinajstić information content (AvgIpc) is 3.52. The van der Waals surface area contributed by atoms with E-state index < -0.39 is 6.04 Å². The maximum atomic E-state index is 13.4. The van der Waals surface area contributed by atoms with Gasteiger partial charge in [0.1, 0.15) is 6.04 Å². The molecule has 7 nitrogen and oxygen atoms in total. The largest absolute Gasteiger partial charge is 0.325 e. The summed E-state index contributed by atoms with van der Waals surface area (Å²) in [5.74, 6) is -0.397. The zero-order valence-corrected chi connectivity index (χ0v) is 19.6. The van der Waals surface area contributed by atoms with Crippen LogP contribution >= 0.6 is 0 Å². The van der Waals surface area contributed by atoms with Crippen LogP contribution in [-0.2, 0) is 11.3 Å². The molecule has 1 aliphatic heterocycles. The van der Waals surface area contributed by atoms with Crippen LogP contribution in [0.4, 0.5) is 5.69 Å². The molecule has 4 aromatic rings. The summed E-state index contributed by atoms with van der Waals surface area (Å²) in [4.78, 5) is 32.5.